The summed E-state index contributed by atoms with van der Waals surface area (Å²) in [6.07, 6.45) is -0.707. The number of amides is 1. The van der Waals surface area contributed by atoms with Gasteiger partial charge in [0, 0.05) is 47.1 Å². The number of halogens is 3. The first-order chi connectivity index (χ1) is 18.2. The standard InChI is InChI=1S/C26H26ClF2N3O5S/c1-14-25(38-20-4-2-3-15(22(20)28)26(35)36)16-5-6-17(27)23(29)24(16)32(14)13-21(34)31-11-18(19(33)12-31)30-7-9-37-10-8-30/h2-6,18-19,33H,7-13H2,1H3,(H,35,36). The summed E-state index contributed by atoms with van der Waals surface area (Å²) in [6, 6.07) is 6.85. The van der Waals surface area contributed by atoms with Crippen molar-refractivity contribution in [3.8, 4) is 0 Å². The summed E-state index contributed by atoms with van der Waals surface area (Å²) in [5.41, 5.74) is 0.137. The summed E-state index contributed by atoms with van der Waals surface area (Å²) in [5.74, 6) is -3.29. The molecule has 0 spiro atoms. The summed E-state index contributed by atoms with van der Waals surface area (Å²) >= 11 is 7.05. The van der Waals surface area contributed by atoms with E-state index in [9.17, 15) is 24.2 Å². The lowest BCUT2D eigenvalue weighted by Gasteiger charge is -2.33. The van der Waals surface area contributed by atoms with Gasteiger partial charge in [-0.25, -0.2) is 13.6 Å². The van der Waals surface area contributed by atoms with Crippen LogP contribution in [0.4, 0.5) is 8.78 Å². The number of aromatic nitrogens is 1. The van der Waals surface area contributed by atoms with Crippen LogP contribution >= 0.6 is 23.4 Å². The topological polar surface area (TPSA) is 95.2 Å². The fourth-order valence-electron chi connectivity index (χ4n) is 5.14. The number of morpholine rings is 1. The molecule has 1 amide bonds. The Morgan fingerprint density at radius 2 is 1.87 bits per heavy atom. The first-order valence-corrected chi connectivity index (χ1v) is 13.3. The maximum atomic E-state index is 15.3. The molecule has 2 aromatic carbocycles. The Balaban J connectivity index is 1.47. The van der Waals surface area contributed by atoms with Gasteiger partial charge in [0.1, 0.15) is 6.54 Å². The molecule has 2 unspecified atom stereocenters. The zero-order valence-corrected chi connectivity index (χ0v) is 22.1. The highest BCUT2D eigenvalue weighted by atomic mass is 35.5. The monoisotopic (exact) mass is 565 g/mol. The number of aliphatic hydroxyl groups is 1. The molecule has 2 aliphatic heterocycles. The van der Waals surface area contributed by atoms with E-state index in [1.165, 1.54) is 28.8 Å². The fourth-order valence-corrected chi connectivity index (χ4v) is 6.39. The zero-order chi connectivity index (χ0) is 27.1. The summed E-state index contributed by atoms with van der Waals surface area (Å²) in [5, 5.41) is 20.2. The molecule has 3 heterocycles. The van der Waals surface area contributed by atoms with Gasteiger partial charge in [-0.15, -0.1) is 0 Å². The maximum absolute atomic E-state index is 15.3. The molecule has 8 nitrogen and oxygen atoms in total. The van der Waals surface area contributed by atoms with Gasteiger partial charge in [-0.05, 0) is 31.2 Å². The second-order valence-corrected chi connectivity index (χ2v) is 10.8. The van der Waals surface area contributed by atoms with Gasteiger partial charge in [0.05, 0.1) is 41.5 Å². The molecule has 38 heavy (non-hydrogen) atoms. The number of hydrogen-bond donors (Lipinski definition) is 2. The van der Waals surface area contributed by atoms with E-state index < -0.39 is 29.3 Å². The Morgan fingerprint density at radius 3 is 2.58 bits per heavy atom. The lowest BCUT2D eigenvalue weighted by Crippen LogP contribution is -2.49. The van der Waals surface area contributed by atoms with Crippen LogP contribution in [0.3, 0.4) is 0 Å². The van der Waals surface area contributed by atoms with Gasteiger partial charge in [-0.3, -0.25) is 9.69 Å². The van der Waals surface area contributed by atoms with Crippen LogP contribution < -0.4 is 0 Å². The number of carboxylic acid groups (broad SMARTS) is 1. The highest BCUT2D eigenvalue weighted by Crippen LogP contribution is 2.41. The molecular formula is C26H26ClF2N3O5S. The van der Waals surface area contributed by atoms with Crippen LogP contribution in [0.25, 0.3) is 10.9 Å². The Labute approximate surface area is 226 Å². The minimum atomic E-state index is -1.39. The number of carboxylic acids is 1. The van der Waals surface area contributed by atoms with E-state index in [4.69, 9.17) is 16.3 Å². The maximum Gasteiger partial charge on any atom is 0.338 e. The van der Waals surface area contributed by atoms with Gasteiger partial charge in [0.2, 0.25) is 5.91 Å². The number of likely N-dealkylation sites (tertiary alicyclic amines) is 1. The highest BCUT2D eigenvalue weighted by Gasteiger charge is 2.38. The molecule has 1 aromatic heterocycles. The molecule has 2 aliphatic rings. The van der Waals surface area contributed by atoms with Crippen molar-refractivity contribution in [1.82, 2.24) is 14.4 Å². The van der Waals surface area contributed by atoms with Gasteiger partial charge in [0.15, 0.2) is 11.6 Å². The largest absolute Gasteiger partial charge is 0.478 e. The van der Waals surface area contributed by atoms with Crippen LogP contribution in [0.15, 0.2) is 40.1 Å². The number of nitrogens with zero attached hydrogens (tertiary/aromatic N) is 3. The van der Waals surface area contributed by atoms with Crippen molar-refractivity contribution in [1.29, 1.82) is 0 Å². The number of hydrogen-bond acceptors (Lipinski definition) is 6. The van der Waals surface area contributed by atoms with Gasteiger partial charge in [0.25, 0.3) is 0 Å². The molecule has 2 N–H and O–H groups in total. The third-order valence-corrected chi connectivity index (χ3v) is 8.69. The molecule has 3 aromatic rings. The molecule has 0 bridgehead atoms. The molecule has 2 saturated heterocycles. The number of ether oxygens (including phenoxy) is 1. The number of rotatable bonds is 6. The number of carbonyl (C=O) groups is 2. The number of aromatic carboxylic acids is 1. The SMILES string of the molecule is Cc1c(Sc2cccc(C(=O)O)c2F)c2ccc(Cl)c(F)c2n1CC(=O)N1CC(O)C(N2CCOCC2)C1. The molecule has 5 rings (SSSR count). The van der Waals surface area contributed by atoms with Gasteiger partial charge in [-0.1, -0.05) is 29.4 Å². The van der Waals surface area contributed by atoms with Crippen LogP contribution in [-0.4, -0.2) is 88.0 Å². The van der Waals surface area contributed by atoms with Gasteiger partial charge in [-0.2, -0.15) is 0 Å². The summed E-state index contributed by atoms with van der Waals surface area (Å²) in [7, 11) is 0. The number of aliphatic hydroxyl groups excluding tert-OH is 1. The van der Waals surface area contributed by atoms with Crippen LogP contribution in [0.5, 0.6) is 0 Å². The lowest BCUT2D eigenvalue weighted by atomic mass is 10.2. The van der Waals surface area contributed by atoms with Crippen molar-refractivity contribution >= 4 is 46.1 Å². The van der Waals surface area contributed by atoms with Crippen LogP contribution in [0.2, 0.25) is 5.02 Å². The van der Waals surface area contributed by atoms with E-state index in [0.29, 0.717) is 48.8 Å². The average Bonchev–Trinajstić information content (AvgIpc) is 3.41. The van der Waals surface area contributed by atoms with Crippen molar-refractivity contribution in [2.75, 3.05) is 39.4 Å². The molecule has 2 fully saturated rings. The van der Waals surface area contributed by atoms with E-state index in [2.05, 4.69) is 4.90 Å². The van der Waals surface area contributed by atoms with Crippen LogP contribution in [0, 0.1) is 18.6 Å². The van der Waals surface area contributed by atoms with Crippen molar-refractivity contribution < 1.29 is 33.3 Å². The molecule has 12 heteroatoms. The lowest BCUT2D eigenvalue weighted by molar-refractivity contribution is -0.131. The molecule has 202 valence electrons. The molecular weight excluding hydrogens is 540 g/mol. The van der Waals surface area contributed by atoms with Crippen molar-refractivity contribution in [2.24, 2.45) is 0 Å². The second-order valence-electron chi connectivity index (χ2n) is 9.36. The van der Waals surface area contributed by atoms with Crippen molar-refractivity contribution in [2.45, 2.75) is 35.4 Å². The second kappa shape index (κ2) is 10.8. The van der Waals surface area contributed by atoms with E-state index >= 15 is 4.39 Å². The summed E-state index contributed by atoms with van der Waals surface area (Å²) < 4.78 is 37.2. The average molecular weight is 566 g/mol. The van der Waals surface area contributed by atoms with Gasteiger partial charge >= 0.3 is 5.97 Å². The molecule has 0 saturated carbocycles. The molecule has 0 aliphatic carbocycles. The van der Waals surface area contributed by atoms with E-state index in [1.54, 1.807) is 17.9 Å². The smallest absolute Gasteiger partial charge is 0.338 e. The Hall–Kier alpha value is -2.70. The number of β-amino-alcohol motifs (C(OH)–C–C–N with tert-alkyl or cyclic N) is 1. The van der Waals surface area contributed by atoms with E-state index in [1.807, 2.05) is 0 Å². The zero-order valence-electron chi connectivity index (χ0n) is 20.5. The Morgan fingerprint density at radius 1 is 1.13 bits per heavy atom. The quantitative estimate of drug-likeness (QED) is 0.471. The molecule has 0 radical (unpaired) electrons. The normalized spacial score (nSPS) is 20.4. The fraction of sp³-hybridized carbons (Fsp3) is 0.385. The predicted octanol–water partition coefficient (Wildman–Crippen LogP) is 3.63. The minimum absolute atomic E-state index is 0.0600. The van der Waals surface area contributed by atoms with Gasteiger partial charge < -0.3 is 24.4 Å². The summed E-state index contributed by atoms with van der Waals surface area (Å²) in [4.78, 5) is 29.0. The first-order valence-electron chi connectivity index (χ1n) is 12.1. The Kier molecular flexibility index (Phi) is 7.65. The number of carbonyl (C=O) groups excluding carboxylic acids is 1. The minimum Gasteiger partial charge on any atom is -0.478 e. The van der Waals surface area contributed by atoms with E-state index in [0.717, 1.165) is 11.8 Å². The number of benzene rings is 2. The van der Waals surface area contributed by atoms with Crippen LogP contribution in [-0.2, 0) is 16.1 Å². The van der Waals surface area contributed by atoms with Crippen LogP contribution in [0.1, 0.15) is 16.1 Å². The highest BCUT2D eigenvalue weighted by molar-refractivity contribution is 7.99. The predicted molar refractivity (Wildman–Crippen MR) is 138 cm³/mol. The third-order valence-electron chi connectivity index (χ3n) is 7.14. The molecule has 2 atom stereocenters. The Bertz CT molecular complexity index is 1410. The van der Waals surface area contributed by atoms with Crippen molar-refractivity contribution in [3.63, 3.8) is 0 Å². The number of fused-ring (bicyclic) bond motifs is 1. The first kappa shape index (κ1) is 26.9. The van der Waals surface area contributed by atoms with E-state index in [-0.39, 0.29) is 40.5 Å². The summed E-state index contributed by atoms with van der Waals surface area (Å²) in [6.45, 7) is 4.49. The third kappa shape index (κ3) is 4.89. The van der Waals surface area contributed by atoms with Crippen molar-refractivity contribution in [3.05, 3.63) is 58.2 Å².